The molecule has 0 N–H and O–H groups in total. The Hall–Kier alpha value is -2.68. The van der Waals surface area contributed by atoms with E-state index < -0.39 is 10.9 Å². The third-order valence-corrected chi connectivity index (χ3v) is 5.56. The second kappa shape index (κ2) is 7.38. The summed E-state index contributed by atoms with van der Waals surface area (Å²) in [7, 11) is 1.20. The number of carbonyl (C=O) groups is 1. The number of benzene rings is 1. The van der Waals surface area contributed by atoms with Crippen LogP contribution in [0.15, 0.2) is 16.7 Å². The number of anilines is 1. The van der Waals surface area contributed by atoms with E-state index in [0.29, 0.717) is 24.7 Å². The average molecular weight is 407 g/mol. The SMILES string of the molecule is COC(=O)c1cc([N+](=O)[O-])c(N2CCC(c3noc(C4CC4)n3)CC2)cc1Cl. The van der Waals surface area contributed by atoms with E-state index in [1.165, 1.54) is 19.2 Å². The van der Waals surface area contributed by atoms with Gasteiger partial charge in [0.1, 0.15) is 5.69 Å². The molecule has 2 fully saturated rings. The van der Waals surface area contributed by atoms with Crippen LogP contribution in [-0.2, 0) is 4.74 Å². The van der Waals surface area contributed by atoms with Crippen molar-refractivity contribution in [1.82, 2.24) is 10.1 Å². The van der Waals surface area contributed by atoms with Crippen LogP contribution in [0.2, 0.25) is 5.02 Å². The number of aromatic nitrogens is 2. The minimum Gasteiger partial charge on any atom is -0.465 e. The van der Waals surface area contributed by atoms with E-state index in [0.717, 1.165) is 37.4 Å². The Balaban J connectivity index is 1.52. The maximum atomic E-state index is 11.8. The van der Waals surface area contributed by atoms with Gasteiger partial charge in [0, 0.05) is 31.0 Å². The number of hydrogen-bond acceptors (Lipinski definition) is 8. The van der Waals surface area contributed by atoms with Gasteiger partial charge in [0.15, 0.2) is 5.82 Å². The molecule has 2 aromatic rings. The molecule has 9 nitrogen and oxygen atoms in total. The molecule has 4 rings (SSSR count). The zero-order valence-corrected chi connectivity index (χ0v) is 16.0. The van der Waals surface area contributed by atoms with Gasteiger partial charge in [0.25, 0.3) is 5.69 Å². The summed E-state index contributed by atoms with van der Waals surface area (Å²) in [6, 6.07) is 2.64. The van der Waals surface area contributed by atoms with Crippen LogP contribution in [0.4, 0.5) is 11.4 Å². The highest BCUT2D eigenvalue weighted by molar-refractivity contribution is 6.34. The zero-order chi connectivity index (χ0) is 19.8. The number of nitro groups is 1. The highest BCUT2D eigenvalue weighted by Gasteiger charge is 2.33. The fourth-order valence-electron chi connectivity index (χ4n) is 3.51. The van der Waals surface area contributed by atoms with E-state index in [9.17, 15) is 14.9 Å². The first-order valence-corrected chi connectivity index (χ1v) is 9.50. The van der Waals surface area contributed by atoms with Gasteiger partial charge in [-0.05, 0) is 31.7 Å². The average Bonchev–Trinajstić information content (AvgIpc) is 3.44. The lowest BCUT2D eigenvalue weighted by molar-refractivity contribution is -0.384. The molecular formula is C18H19ClN4O5. The van der Waals surface area contributed by atoms with E-state index in [1.54, 1.807) is 0 Å². The van der Waals surface area contributed by atoms with Crippen molar-refractivity contribution in [3.05, 3.63) is 44.5 Å². The first-order chi connectivity index (χ1) is 13.5. The number of esters is 1. The molecule has 0 unspecified atom stereocenters. The Bertz CT molecular complexity index is 919. The molecule has 148 valence electrons. The fourth-order valence-corrected chi connectivity index (χ4v) is 3.74. The number of nitrogens with zero attached hydrogens (tertiary/aromatic N) is 4. The van der Waals surface area contributed by atoms with Crippen molar-refractivity contribution < 1.29 is 19.0 Å². The lowest BCUT2D eigenvalue weighted by atomic mass is 9.95. The Kier molecular flexibility index (Phi) is 4.92. The summed E-state index contributed by atoms with van der Waals surface area (Å²) < 4.78 is 9.98. The summed E-state index contributed by atoms with van der Waals surface area (Å²) in [5.74, 6) is 1.31. The summed E-state index contributed by atoms with van der Waals surface area (Å²) in [4.78, 5) is 29.2. The molecule has 0 bridgehead atoms. The lowest BCUT2D eigenvalue weighted by Gasteiger charge is -2.32. The number of piperidine rings is 1. The maximum absolute atomic E-state index is 11.8. The molecule has 1 aromatic heterocycles. The van der Waals surface area contributed by atoms with Crippen molar-refractivity contribution in [2.75, 3.05) is 25.1 Å². The Labute approximate surface area is 165 Å². The van der Waals surface area contributed by atoms with Gasteiger partial charge in [-0.1, -0.05) is 16.8 Å². The predicted molar refractivity (Wildman–Crippen MR) is 99.9 cm³/mol. The summed E-state index contributed by atoms with van der Waals surface area (Å²) in [6.45, 7) is 1.18. The third kappa shape index (κ3) is 3.54. The lowest BCUT2D eigenvalue weighted by Crippen LogP contribution is -2.33. The Morgan fingerprint density at radius 1 is 1.29 bits per heavy atom. The molecule has 1 saturated heterocycles. The summed E-state index contributed by atoms with van der Waals surface area (Å²) >= 11 is 6.18. The molecular weight excluding hydrogens is 388 g/mol. The minimum absolute atomic E-state index is 0.0195. The van der Waals surface area contributed by atoms with Gasteiger partial charge in [-0.2, -0.15) is 4.98 Å². The molecule has 28 heavy (non-hydrogen) atoms. The second-order valence-corrected chi connectivity index (χ2v) is 7.50. The van der Waals surface area contributed by atoms with Crippen LogP contribution in [-0.4, -0.2) is 41.2 Å². The van der Waals surface area contributed by atoms with E-state index in [4.69, 9.17) is 16.1 Å². The van der Waals surface area contributed by atoms with Gasteiger partial charge in [-0.3, -0.25) is 10.1 Å². The van der Waals surface area contributed by atoms with Gasteiger partial charge >= 0.3 is 5.97 Å². The van der Waals surface area contributed by atoms with Crippen molar-refractivity contribution in [2.24, 2.45) is 0 Å². The highest BCUT2D eigenvalue weighted by atomic mass is 35.5. The Morgan fingerprint density at radius 3 is 2.61 bits per heavy atom. The fraction of sp³-hybridized carbons (Fsp3) is 0.500. The van der Waals surface area contributed by atoms with E-state index >= 15 is 0 Å². The highest BCUT2D eigenvalue weighted by Crippen LogP contribution is 2.41. The second-order valence-electron chi connectivity index (χ2n) is 7.10. The van der Waals surface area contributed by atoms with Crippen molar-refractivity contribution in [3.8, 4) is 0 Å². The first-order valence-electron chi connectivity index (χ1n) is 9.12. The normalized spacial score (nSPS) is 17.6. The minimum atomic E-state index is -0.707. The number of hydrogen-bond donors (Lipinski definition) is 0. The summed E-state index contributed by atoms with van der Waals surface area (Å²) in [5, 5.41) is 15.8. The van der Waals surface area contributed by atoms with Gasteiger partial charge in [0.2, 0.25) is 5.89 Å². The van der Waals surface area contributed by atoms with Crippen LogP contribution < -0.4 is 4.90 Å². The van der Waals surface area contributed by atoms with E-state index in [1.807, 2.05) is 4.90 Å². The van der Waals surface area contributed by atoms with Crippen LogP contribution in [0, 0.1) is 10.1 Å². The number of carbonyl (C=O) groups excluding carboxylic acids is 1. The van der Waals surface area contributed by atoms with Crippen LogP contribution in [0.25, 0.3) is 0 Å². The first kappa shape index (κ1) is 18.7. The maximum Gasteiger partial charge on any atom is 0.339 e. The molecule has 0 amide bonds. The van der Waals surface area contributed by atoms with Crippen LogP contribution in [0.5, 0.6) is 0 Å². The van der Waals surface area contributed by atoms with Gasteiger partial charge in [-0.25, -0.2) is 4.79 Å². The predicted octanol–water partition coefficient (Wildman–Crippen LogP) is 3.68. The number of halogens is 1. The van der Waals surface area contributed by atoms with Gasteiger partial charge in [-0.15, -0.1) is 0 Å². The van der Waals surface area contributed by atoms with E-state index in [-0.39, 0.29) is 22.2 Å². The number of methoxy groups -OCH3 is 1. The van der Waals surface area contributed by atoms with Crippen molar-refractivity contribution in [1.29, 1.82) is 0 Å². The zero-order valence-electron chi connectivity index (χ0n) is 15.3. The monoisotopic (exact) mass is 406 g/mol. The molecule has 2 aliphatic rings. The number of rotatable bonds is 5. The van der Waals surface area contributed by atoms with Gasteiger partial charge in [0.05, 0.1) is 22.6 Å². The van der Waals surface area contributed by atoms with Crippen LogP contribution in [0.1, 0.15) is 59.6 Å². The largest absolute Gasteiger partial charge is 0.465 e. The molecule has 1 aliphatic carbocycles. The molecule has 1 saturated carbocycles. The number of nitro benzene ring substituents is 1. The summed E-state index contributed by atoms with van der Waals surface area (Å²) in [6.07, 6.45) is 3.70. The number of ether oxygens (including phenoxy) is 1. The Morgan fingerprint density at radius 2 is 2.00 bits per heavy atom. The molecule has 0 radical (unpaired) electrons. The quantitative estimate of drug-likeness (QED) is 0.420. The van der Waals surface area contributed by atoms with Crippen molar-refractivity contribution in [2.45, 2.75) is 37.5 Å². The topological polar surface area (TPSA) is 112 Å². The molecule has 2 heterocycles. The van der Waals surface area contributed by atoms with E-state index in [2.05, 4.69) is 14.9 Å². The smallest absolute Gasteiger partial charge is 0.339 e. The molecule has 10 heteroatoms. The van der Waals surface area contributed by atoms with Crippen molar-refractivity contribution >= 4 is 28.9 Å². The molecule has 1 aliphatic heterocycles. The molecule has 0 atom stereocenters. The van der Waals surface area contributed by atoms with Crippen LogP contribution >= 0.6 is 11.6 Å². The van der Waals surface area contributed by atoms with Gasteiger partial charge < -0.3 is 14.2 Å². The summed E-state index contributed by atoms with van der Waals surface area (Å²) in [5.41, 5.74) is 0.209. The van der Waals surface area contributed by atoms with Crippen molar-refractivity contribution in [3.63, 3.8) is 0 Å². The molecule has 0 spiro atoms. The molecule has 1 aromatic carbocycles. The third-order valence-electron chi connectivity index (χ3n) is 5.25. The standard InChI is InChI=1S/C18H19ClN4O5/c1-27-18(24)12-8-15(23(25)26)14(9-13(12)19)22-6-4-10(5-7-22)16-20-17(28-21-16)11-2-3-11/h8-11H,2-7H2,1H3. The van der Waals surface area contributed by atoms with Crippen LogP contribution in [0.3, 0.4) is 0 Å².